The Hall–Kier alpha value is -2.80. The summed E-state index contributed by atoms with van der Waals surface area (Å²) in [6.45, 7) is 5.10. The summed E-state index contributed by atoms with van der Waals surface area (Å²) in [6.07, 6.45) is 3.74. The predicted octanol–water partition coefficient (Wildman–Crippen LogP) is 1.36. The van der Waals surface area contributed by atoms with Crippen molar-refractivity contribution in [3.05, 3.63) is 58.2 Å². The van der Waals surface area contributed by atoms with Gasteiger partial charge in [0.15, 0.2) is 0 Å². The molecule has 2 aromatic heterocycles. The lowest BCUT2D eigenvalue weighted by molar-refractivity contribution is 0.0765. The Balaban J connectivity index is 1.79. The van der Waals surface area contributed by atoms with Gasteiger partial charge < -0.3 is 15.3 Å². The van der Waals surface area contributed by atoms with Crippen molar-refractivity contribution in [2.45, 2.75) is 33.4 Å². The minimum Gasteiger partial charge on any atom is -0.396 e. The highest BCUT2D eigenvalue weighted by molar-refractivity contribution is 6.03. The van der Waals surface area contributed by atoms with Crippen LogP contribution >= 0.6 is 0 Å². The van der Waals surface area contributed by atoms with Crippen LogP contribution in [0.15, 0.2) is 24.5 Å². The van der Waals surface area contributed by atoms with E-state index in [4.69, 9.17) is 5.11 Å². The second-order valence-corrected chi connectivity index (χ2v) is 6.43. The van der Waals surface area contributed by atoms with Crippen LogP contribution in [0.1, 0.15) is 49.7 Å². The minimum absolute atomic E-state index is 0.0108. The van der Waals surface area contributed by atoms with Gasteiger partial charge in [-0.3, -0.25) is 19.6 Å². The highest BCUT2D eigenvalue weighted by Crippen LogP contribution is 2.26. The normalized spacial score (nSPS) is 13.0. The first kappa shape index (κ1) is 18.0. The van der Waals surface area contributed by atoms with Crippen LogP contribution in [0.2, 0.25) is 0 Å². The van der Waals surface area contributed by atoms with Crippen LogP contribution in [-0.4, -0.2) is 44.9 Å². The molecule has 0 aromatic carbocycles. The summed E-state index contributed by atoms with van der Waals surface area (Å²) < 4.78 is 0. The zero-order chi connectivity index (χ0) is 18.7. The molecule has 0 unspecified atom stereocenters. The second kappa shape index (κ2) is 7.61. The van der Waals surface area contributed by atoms with Gasteiger partial charge in [0.1, 0.15) is 5.69 Å². The largest absolute Gasteiger partial charge is 0.396 e. The molecule has 7 heteroatoms. The minimum atomic E-state index is -0.321. The molecule has 0 bridgehead atoms. The molecule has 1 aliphatic rings. The number of hydrogen-bond acceptors (Lipinski definition) is 5. The lowest BCUT2D eigenvalue weighted by Gasteiger charge is -2.16. The summed E-state index contributed by atoms with van der Waals surface area (Å²) in [5.74, 6) is -0.428. The van der Waals surface area contributed by atoms with Crippen LogP contribution in [0.3, 0.4) is 0 Å². The van der Waals surface area contributed by atoms with Gasteiger partial charge in [0.25, 0.3) is 11.8 Å². The Bertz CT molecular complexity index is 851. The van der Waals surface area contributed by atoms with Gasteiger partial charge in [-0.2, -0.15) is 0 Å². The maximum Gasteiger partial charge on any atom is 0.270 e. The Morgan fingerprint density at radius 2 is 2.15 bits per heavy atom. The number of aryl methyl sites for hydroxylation is 2. The molecule has 0 atom stereocenters. The maximum absolute atomic E-state index is 12.7. The van der Waals surface area contributed by atoms with E-state index in [1.54, 1.807) is 17.2 Å². The van der Waals surface area contributed by atoms with E-state index in [2.05, 4.69) is 15.3 Å². The molecule has 0 aliphatic carbocycles. The van der Waals surface area contributed by atoms with E-state index >= 15 is 0 Å². The highest BCUT2D eigenvalue weighted by Gasteiger charge is 2.31. The molecule has 3 heterocycles. The third-order valence-electron chi connectivity index (χ3n) is 4.53. The summed E-state index contributed by atoms with van der Waals surface area (Å²) in [6, 6.07) is 3.68. The number of nitrogens with one attached hydrogen (secondary N) is 1. The summed E-state index contributed by atoms with van der Waals surface area (Å²) in [5, 5.41) is 11.5. The standard InChI is InChI=1S/C19H22N4O3/c1-12-8-14(9-22-13(12)2)10-23-11-16-15(19(23)26)4-6-20-17(16)18(25)21-5-3-7-24/h4,6,8-9,24H,3,5,7,10-11H2,1-2H3,(H,21,25). The zero-order valence-corrected chi connectivity index (χ0v) is 15.0. The number of carbonyl (C=O) groups excluding carboxylic acids is 2. The van der Waals surface area contributed by atoms with E-state index in [-0.39, 0.29) is 24.1 Å². The second-order valence-electron chi connectivity index (χ2n) is 6.43. The van der Waals surface area contributed by atoms with Crippen molar-refractivity contribution in [3.8, 4) is 0 Å². The van der Waals surface area contributed by atoms with E-state index in [0.29, 0.717) is 37.2 Å². The molecular weight excluding hydrogens is 332 g/mol. The summed E-state index contributed by atoms with van der Waals surface area (Å²) in [5.41, 5.74) is 4.44. The lowest BCUT2D eigenvalue weighted by Crippen LogP contribution is -2.27. The van der Waals surface area contributed by atoms with Crippen molar-refractivity contribution >= 4 is 11.8 Å². The number of hydrogen-bond donors (Lipinski definition) is 2. The van der Waals surface area contributed by atoms with Crippen molar-refractivity contribution in [2.24, 2.45) is 0 Å². The number of nitrogens with zero attached hydrogens (tertiary/aromatic N) is 3. The Kier molecular flexibility index (Phi) is 5.27. The van der Waals surface area contributed by atoms with Crippen LogP contribution in [0, 0.1) is 13.8 Å². The SMILES string of the molecule is Cc1cc(CN2Cc3c(ccnc3C(=O)NCCCO)C2=O)cnc1C. The Morgan fingerprint density at radius 3 is 2.88 bits per heavy atom. The molecular formula is C19H22N4O3. The summed E-state index contributed by atoms with van der Waals surface area (Å²) >= 11 is 0. The molecule has 26 heavy (non-hydrogen) atoms. The number of aromatic nitrogens is 2. The van der Waals surface area contributed by atoms with Crippen molar-refractivity contribution in [3.63, 3.8) is 0 Å². The molecule has 0 spiro atoms. The van der Waals surface area contributed by atoms with Crippen LogP contribution < -0.4 is 5.32 Å². The smallest absolute Gasteiger partial charge is 0.270 e. The molecule has 0 fully saturated rings. The van der Waals surface area contributed by atoms with Gasteiger partial charge in [0.2, 0.25) is 0 Å². The van der Waals surface area contributed by atoms with Gasteiger partial charge in [0, 0.05) is 55.5 Å². The van der Waals surface area contributed by atoms with E-state index in [1.165, 1.54) is 6.20 Å². The van der Waals surface area contributed by atoms with Crippen LogP contribution in [0.5, 0.6) is 0 Å². The molecule has 1 aliphatic heterocycles. The number of amides is 2. The van der Waals surface area contributed by atoms with Crippen molar-refractivity contribution in [1.29, 1.82) is 0 Å². The third-order valence-corrected chi connectivity index (χ3v) is 4.53. The summed E-state index contributed by atoms with van der Waals surface area (Å²) in [4.78, 5) is 35.2. The number of rotatable bonds is 6. The van der Waals surface area contributed by atoms with E-state index in [9.17, 15) is 9.59 Å². The number of carbonyl (C=O) groups is 2. The average Bonchev–Trinajstić information content (AvgIpc) is 2.94. The first-order valence-electron chi connectivity index (χ1n) is 8.59. The molecule has 2 amide bonds. The predicted molar refractivity (Wildman–Crippen MR) is 95.6 cm³/mol. The monoisotopic (exact) mass is 354 g/mol. The van der Waals surface area contributed by atoms with Crippen LogP contribution in [0.25, 0.3) is 0 Å². The molecule has 0 saturated heterocycles. The van der Waals surface area contributed by atoms with Crippen LogP contribution in [0.4, 0.5) is 0 Å². The Morgan fingerprint density at radius 1 is 1.35 bits per heavy atom. The topological polar surface area (TPSA) is 95.4 Å². The number of fused-ring (bicyclic) bond motifs is 1. The van der Waals surface area contributed by atoms with Crippen molar-refractivity contribution in [1.82, 2.24) is 20.2 Å². The molecule has 2 aromatic rings. The number of aliphatic hydroxyl groups is 1. The van der Waals surface area contributed by atoms with Crippen molar-refractivity contribution < 1.29 is 14.7 Å². The zero-order valence-electron chi connectivity index (χ0n) is 15.0. The van der Waals surface area contributed by atoms with E-state index in [1.807, 2.05) is 19.9 Å². The van der Waals surface area contributed by atoms with E-state index < -0.39 is 0 Å². The fourth-order valence-corrected chi connectivity index (χ4v) is 2.98. The molecule has 3 rings (SSSR count). The first-order valence-corrected chi connectivity index (χ1v) is 8.59. The number of pyridine rings is 2. The van der Waals surface area contributed by atoms with Gasteiger partial charge in [-0.1, -0.05) is 6.07 Å². The lowest BCUT2D eigenvalue weighted by atomic mass is 10.1. The van der Waals surface area contributed by atoms with Gasteiger partial charge in [-0.15, -0.1) is 0 Å². The van der Waals surface area contributed by atoms with Crippen molar-refractivity contribution in [2.75, 3.05) is 13.2 Å². The molecule has 136 valence electrons. The number of aliphatic hydroxyl groups excluding tert-OH is 1. The summed E-state index contributed by atoms with van der Waals surface area (Å²) in [7, 11) is 0. The van der Waals surface area contributed by atoms with Gasteiger partial charge in [-0.25, -0.2) is 0 Å². The molecule has 0 saturated carbocycles. The molecule has 7 nitrogen and oxygen atoms in total. The fraction of sp³-hybridized carbons (Fsp3) is 0.368. The average molecular weight is 354 g/mol. The maximum atomic E-state index is 12.7. The Labute approximate surface area is 152 Å². The van der Waals surface area contributed by atoms with Gasteiger partial charge in [-0.05, 0) is 37.5 Å². The van der Waals surface area contributed by atoms with Gasteiger partial charge >= 0.3 is 0 Å². The third kappa shape index (κ3) is 3.57. The quantitative estimate of drug-likeness (QED) is 0.764. The molecule has 0 radical (unpaired) electrons. The first-order chi connectivity index (χ1) is 12.5. The highest BCUT2D eigenvalue weighted by atomic mass is 16.3. The van der Waals surface area contributed by atoms with Gasteiger partial charge in [0.05, 0.1) is 0 Å². The molecule has 2 N–H and O–H groups in total. The van der Waals surface area contributed by atoms with Crippen LogP contribution in [-0.2, 0) is 13.1 Å². The van der Waals surface area contributed by atoms with E-state index in [0.717, 1.165) is 16.8 Å². The fourth-order valence-electron chi connectivity index (χ4n) is 2.98.